The Bertz CT molecular complexity index is 234. The van der Waals surface area contributed by atoms with E-state index >= 15 is 0 Å². The lowest BCUT2D eigenvalue weighted by Crippen LogP contribution is -2.50. The molecule has 1 saturated heterocycles. The molecule has 1 aliphatic carbocycles. The third-order valence-electron chi connectivity index (χ3n) is 3.81. The maximum Gasteiger partial charge on any atom is 0.319 e. The van der Waals surface area contributed by atoms with E-state index in [-0.39, 0.29) is 6.03 Å². The Morgan fingerprint density at radius 2 is 2.06 bits per heavy atom. The summed E-state index contributed by atoms with van der Waals surface area (Å²) in [7, 11) is 1.93. The fourth-order valence-corrected chi connectivity index (χ4v) is 2.35. The van der Waals surface area contributed by atoms with Crippen molar-refractivity contribution < 1.29 is 4.79 Å². The number of carbonyl (C=O) groups excluding carboxylic acids is 1. The summed E-state index contributed by atoms with van der Waals surface area (Å²) < 4.78 is 0. The number of hydrogen-bond acceptors (Lipinski definition) is 2. The highest BCUT2D eigenvalue weighted by molar-refractivity contribution is 5.74. The Kier molecular flexibility index (Phi) is 4.04. The zero-order valence-electron chi connectivity index (χ0n) is 10.2. The highest BCUT2D eigenvalue weighted by Gasteiger charge is 2.22. The molecule has 1 aliphatic heterocycles. The van der Waals surface area contributed by atoms with Crippen LogP contribution >= 0.6 is 0 Å². The lowest BCUT2D eigenvalue weighted by Gasteiger charge is -2.33. The predicted octanol–water partition coefficient (Wildman–Crippen LogP) is 1.13. The van der Waals surface area contributed by atoms with Gasteiger partial charge in [-0.15, -0.1) is 0 Å². The summed E-state index contributed by atoms with van der Waals surface area (Å²) in [5.74, 6) is 0.887. The van der Waals surface area contributed by atoms with E-state index in [1.165, 1.54) is 25.7 Å². The van der Waals surface area contributed by atoms with Crippen LogP contribution in [-0.2, 0) is 0 Å². The third kappa shape index (κ3) is 2.88. The van der Waals surface area contributed by atoms with Crippen molar-refractivity contribution in [1.29, 1.82) is 0 Å². The molecular weight excluding hydrogens is 202 g/mol. The minimum Gasteiger partial charge on any atom is -0.328 e. The van der Waals surface area contributed by atoms with Gasteiger partial charge in [0.1, 0.15) is 0 Å². The number of piperazine rings is 1. The van der Waals surface area contributed by atoms with Crippen molar-refractivity contribution in [3.05, 3.63) is 0 Å². The number of rotatable bonds is 3. The van der Waals surface area contributed by atoms with Gasteiger partial charge in [0.15, 0.2) is 0 Å². The van der Waals surface area contributed by atoms with Crippen LogP contribution in [-0.4, -0.2) is 55.6 Å². The SMILES string of the molecule is CN(CCC1CCC1)C(=O)N1CCNCC1. The highest BCUT2D eigenvalue weighted by atomic mass is 16.2. The second kappa shape index (κ2) is 5.53. The standard InChI is InChI=1S/C12H23N3O/c1-14(8-5-11-3-2-4-11)12(16)15-9-6-13-7-10-15/h11,13H,2-10H2,1H3. The van der Waals surface area contributed by atoms with E-state index < -0.39 is 0 Å². The molecule has 0 aromatic heterocycles. The number of nitrogens with one attached hydrogen (secondary N) is 1. The van der Waals surface area contributed by atoms with E-state index in [1.807, 2.05) is 16.8 Å². The van der Waals surface area contributed by atoms with Crippen molar-refractivity contribution in [2.24, 2.45) is 5.92 Å². The van der Waals surface area contributed by atoms with Crippen LogP contribution in [0.3, 0.4) is 0 Å². The summed E-state index contributed by atoms with van der Waals surface area (Å²) in [5.41, 5.74) is 0. The molecule has 2 amide bonds. The summed E-state index contributed by atoms with van der Waals surface area (Å²) in [4.78, 5) is 15.9. The molecule has 4 heteroatoms. The van der Waals surface area contributed by atoms with Gasteiger partial charge in [0, 0.05) is 39.8 Å². The Morgan fingerprint density at radius 1 is 1.38 bits per heavy atom. The van der Waals surface area contributed by atoms with E-state index in [9.17, 15) is 4.79 Å². The van der Waals surface area contributed by atoms with E-state index in [0.717, 1.165) is 38.6 Å². The van der Waals surface area contributed by atoms with Gasteiger partial charge in [-0.3, -0.25) is 0 Å². The van der Waals surface area contributed by atoms with Gasteiger partial charge in [-0.1, -0.05) is 19.3 Å². The van der Waals surface area contributed by atoms with Crippen LogP contribution in [0, 0.1) is 5.92 Å². The van der Waals surface area contributed by atoms with E-state index in [1.54, 1.807) is 0 Å². The van der Waals surface area contributed by atoms with Crippen LogP contribution in [0.15, 0.2) is 0 Å². The predicted molar refractivity (Wildman–Crippen MR) is 64.4 cm³/mol. The maximum absolute atomic E-state index is 12.0. The molecule has 2 fully saturated rings. The molecule has 0 atom stereocenters. The van der Waals surface area contributed by atoms with Gasteiger partial charge in [0.05, 0.1) is 0 Å². The Hall–Kier alpha value is -0.770. The number of hydrogen-bond donors (Lipinski definition) is 1. The van der Waals surface area contributed by atoms with Gasteiger partial charge in [-0.05, 0) is 12.3 Å². The van der Waals surface area contributed by atoms with Crippen molar-refractivity contribution in [2.75, 3.05) is 39.8 Å². The number of carbonyl (C=O) groups is 1. The monoisotopic (exact) mass is 225 g/mol. The molecule has 16 heavy (non-hydrogen) atoms. The van der Waals surface area contributed by atoms with Crippen LogP contribution in [0.25, 0.3) is 0 Å². The molecule has 0 aromatic carbocycles. The second-order valence-corrected chi connectivity index (χ2v) is 5.03. The van der Waals surface area contributed by atoms with Gasteiger partial charge in [-0.25, -0.2) is 4.79 Å². The normalized spacial score (nSPS) is 21.7. The van der Waals surface area contributed by atoms with Gasteiger partial charge in [-0.2, -0.15) is 0 Å². The molecule has 0 spiro atoms. The maximum atomic E-state index is 12.0. The van der Waals surface area contributed by atoms with Crippen LogP contribution < -0.4 is 5.32 Å². The van der Waals surface area contributed by atoms with Gasteiger partial charge >= 0.3 is 6.03 Å². The van der Waals surface area contributed by atoms with E-state index in [0.29, 0.717) is 0 Å². The Morgan fingerprint density at radius 3 is 2.62 bits per heavy atom. The number of urea groups is 1. The van der Waals surface area contributed by atoms with Crippen LogP contribution in [0.5, 0.6) is 0 Å². The molecule has 1 saturated carbocycles. The molecule has 4 nitrogen and oxygen atoms in total. The summed E-state index contributed by atoms with van der Waals surface area (Å²) in [6.45, 7) is 4.50. The average Bonchev–Trinajstić information content (AvgIpc) is 2.27. The summed E-state index contributed by atoms with van der Waals surface area (Å²) in [6.07, 6.45) is 5.32. The summed E-state index contributed by atoms with van der Waals surface area (Å²) in [6, 6.07) is 0.209. The van der Waals surface area contributed by atoms with Crippen LogP contribution in [0.4, 0.5) is 4.79 Å². The van der Waals surface area contributed by atoms with Crippen molar-refractivity contribution in [3.63, 3.8) is 0 Å². The van der Waals surface area contributed by atoms with Gasteiger partial charge in [0.25, 0.3) is 0 Å². The lowest BCUT2D eigenvalue weighted by atomic mass is 9.83. The van der Waals surface area contributed by atoms with Gasteiger partial charge in [0.2, 0.25) is 0 Å². The number of amides is 2. The van der Waals surface area contributed by atoms with Crippen LogP contribution in [0.2, 0.25) is 0 Å². The number of nitrogens with zero attached hydrogens (tertiary/aromatic N) is 2. The minimum absolute atomic E-state index is 0.209. The molecule has 92 valence electrons. The van der Waals surface area contributed by atoms with Crippen molar-refractivity contribution in [2.45, 2.75) is 25.7 Å². The first-order valence-corrected chi connectivity index (χ1v) is 6.48. The molecule has 2 rings (SSSR count). The summed E-state index contributed by atoms with van der Waals surface area (Å²) >= 11 is 0. The van der Waals surface area contributed by atoms with Crippen molar-refractivity contribution in [3.8, 4) is 0 Å². The van der Waals surface area contributed by atoms with Crippen molar-refractivity contribution in [1.82, 2.24) is 15.1 Å². The largest absolute Gasteiger partial charge is 0.328 e. The first-order valence-electron chi connectivity index (χ1n) is 6.48. The molecule has 1 heterocycles. The average molecular weight is 225 g/mol. The van der Waals surface area contributed by atoms with E-state index in [4.69, 9.17) is 0 Å². The molecule has 0 unspecified atom stereocenters. The van der Waals surface area contributed by atoms with Crippen LogP contribution in [0.1, 0.15) is 25.7 Å². The summed E-state index contributed by atoms with van der Waals surface area (Å²) in [5, 5.41) is 3.26. The van der Waals surface area contributed by atoms with Crippen molar-refractivity contribution >= 4 is 6.03 Å². The molecule has 2 aliphatic rings. The zero-order valence-corrected chi connectivity index (χ0v) is 10.2. The molecule has 1 N–H and O–H groups in total. The topological polar surface area (TPSA) is 35.6 Å². The fraction of sp³-hybridized carbons (Fsp3) is 0.917. The molecule has 0 bridgehead atoms. The third-order valence-corrected chi connectivity index (χ3v) is 3.81. The Balaban J connectivity index is 1.69. The first kappa shape index (κ1) is 11.7. The first-order chi connectivity index (χ1) is 7.77. The lowest BCUT2D eigenvalue weighted by molar-refractivity contribution is 0.150. The highest BCUT2D eigenvalue weighted by Crippen LogP contribution is 2.29. The quantitative estimate of drug-likeness (QED) is 0.781. The zero-order chi connectivity index (χ0) is 11.4. The minimum atomic E-state index is 0.209. The molecular formula is C12H23N3O. The van der Waals surface area contributed by atoms with E-state index in [2.05, 4.69) is 5.32 Å². The smallest absolute Gasteiger partial charge is 0.319 e. The van der Waals surface area contributed by atoms with Gasteiger partial charge < -0.3 is 15.1 Å². The molecule has 0 aromatic rings. The fourth-order valence-electron chi connectivity index (χ4n) is 2.35. The molecule has 0 radical (unpaired) electrons. The Labute approximate surface area is 98.0 Å². The second-order valence-electron chi connectivity index (χ2n) is 5.03.